The monoisotopic (exact) mass is 319 g/mol. The van der Waals surface area contributed by atoms with Crippen LogP contribution in [0.25, 0.3) is 6.08 Å². The Hall–Kier alpha value is -2.68. The highest BCUT2D eigenvalue weighted by Crippen LogP contribution is 2.22. The van der Waals surface area contributed by atoms with Crippen LogP contribution in [0.15, 0.2) is 59.8 Å². The fourth-order valence-corrected chi connectivity index (χ4v) is 2.58. The predicted octanol–water partition coefficient (Wildman–Crippen LogP) is 4.77. The van der Waals surface area contributed by atoms with E-state index in [1.807, 2.05) is 42.5 Å². The van der Waals surface area contributed by atoms with Gasteiger partial charge in [-0.15, -0.1) is 0 Å². The Labute approximate surface area is 142 Å². The van der Waals surface area contributed by atoms with Crippen molar-refractivity contribution in [3.8, 4) is 0 Å². The van der Waals surface area contributed by atoms with Crippen molar-refractivity contribution < 1.29 is 9.63 Å². The Balaban J connectivity index is 1.66. The van der Waals surface area contributed by atoms with Crippen LogP contribution >= 0.6 is 0 Å². The molecule has 3 heteroatoms. The number of Topliss-reactive ketones (excluding diaryl/α,β-unsaturated/α-hetero) is 1. The minimum absolute atomic E-state index is 0.101. The van der Waals surface area contributed by atoms with Gasteiger partial charge in [0.2, 0.25) is 5.78 Å². The number of nitrogens with zero attached hydrogens (tertiary/aromatic N) is 1. The number of hydrogen-bond donors (Lipinski definition) is 0. The van der Waals surface area contributed by atoms with Crippen LogP contribution < -0.4 is 0 Å². The Morgan fingerprint density at radius 2 is 1.67 bits per heavy atom. The van der Waals surface area contributed by atoms with E-state index in [1.54, 1.807) is 6.08 Å². The second-order valence-electron chi connectivity index (χ2n) is 6.95. The fraction of sp³-hybridized carbons (Fsp3) is 0.238. The molecule has 2 aromatic carbocycles. The van der Waals surface area contributed by atoms with Gasteiger partial charge in [0, 0.05) is 5.56 Å². The van der Waals surface area contributed by atoms with Gasteiger partial charge in [-0.3, -0.25) is 4.79 Å². The molecule has 24 heavy (non-hydrogen) atoms. The van der Waals surface area contributed by atoms with Crippen molar-refractivity contribution in [2.24, 2.45) is 5.16 Å². The largest absolute Gasteiger partial charge is 0.390 e. The number of allylic oxidation sites excluding steroid dienone is 1. The molecule has 0 atom stereocenters. The van der Waals surface area contributed by atoms with Crippen LogP contribution in [0.5, 0.6) is 0 Å². The predicted molar refractivity (Wildman–Crippen MR) is 97.2 cm³/mol. The van der Waals surface area contributed by atoms with Crippen molar-refractivity contribution >= 4 is 17.6 Å². The molecule has 1 aliphatic rings. The van der Waals surface area contributed by atoms with Crippen LogP contribution in [0.3, 0.4) is 0 Å². The quantitative estimate of drug-likeness (QED) is 0.765. The third-order valence-corrected chi connectivity index (χ3v) is 4.07. The molecule has 0 amide bonds. The van der Waals surface area contributed by atoms with E-state index in [0.29, 0.717) is 17.9 Å². The summed E-state index contributed by atoms with van der Waals surface area (Å²) in [7, 11) is 0. The molecule has 0 aromatic heterocycles. The lowest BCUT2D eigenvalue weighted by atomic mass is 9.87. The van der Waals surface area contributed by atoms with E-state index in [-0.39, 0.29) is 11.2 Å². The second-order valence-corrected chi connectivity index (χ2v) is 6.95. The third kappa shape index (κ3) is 3.46. The maximum Gasteiger partial charge on any atom is 0.215 e. The molecular weight excluding hydrogens is 298 g/mol. The van der Waals surface area contributed by atoms with E-state index in [9.17, 15) is 4.79 Å². The van der Waals surface area contributed by atoms with Crippen LogP contribution in [-0.2, 0) is 16.9 Å². The molecule has 0 saturated carbocycles. The molecular formula is C21H21NO2. The van der Waals surface area contributed by atoms with Crippen molar-refractivity contribution in [3.63, 3.8) is 0 Å². The van der Waals surface area contributed by atoms with Gasteiger partial charge in [0.05, 0.1) is 0 Å². The Bertz CT molecular complexity index is 808. The van der Waals surface area contributed by atoms with Crippen molar-refractivity contribution in [1.82, 2.24) is 0 Å². The van der Waals surface area contributed by atoms with E-state index in [0.717, 1.165) is 11.1 Å². The average Bonchev–Trinajstić information content (AvgIpc) is 2.57. The summed E-state index contributed by atoms with van der Waals surface area (Å²) in [5, 5.41) is 4.01. The first-order chi connectivity index (χ1) is 11.4. The maximum absolute atomic E-state index is 12.4. The SMILES string of the molecule is CC(C)(C)c1ccc(CO/N=C2/C=Cc3ccccc3C2=O)cc1. The zero-order valence-corrected chi connectivity index (χ0v) is 14.2. The van der Waals surface area contributed by atoms with Gasteiger partial charge in [0.1, 0.15) is 6.61 Å². The lowest BCUT2D eigenvalue weighted by molar-refractivity contribution is 0.103. The number of carbonyl (C=O) groups excluding carboxylic acids is 1. The van der Waals surface area contributed by atoms with E-state index in [4.69, 9.17) is 4.84 Å². The van der Waals surface area contributed by atoms with E-state index in [2.05, 4.69) is 38.1 Å². The fourth-order valence-electron chi connectivity index (χ4n) is 2.58. The average molecular weight is 319 g/mol. The van der Waals surface area contributed by atoms with Crippen molar-refractivity contribution in [2.45, 2.75) is 32.8 Å². The first kappa shape index (κ1) is 16.2. The number of fused-ring (bicyclic) bond motifs is 1. The minimum atomic E-state index is -0.101. The van der Waals surface area contributed by atoms with Gasteiger partial charge in [-0.2, -0.15) is 0 Å². The third-order valence-electron chi connectivity index (χ3n) is 4.07. The highest BCUT2D eigenvalue weighted by molar-refractivity contribution is 6.52. The molecule has 3 nitrogen and oxygen atoms in total. The smallest absolute Gasteiger partial charge is 0.215 e. The van der Waals surface area contributed by atoms with Gasteiger partial charge >= 0.3 is 0 Å². The molecule has 0 fully saturated rings. The van der Waals surface area contributed by atoms with Gasteiger partial charge in [0.25, 0.3) is 0 Å². The van der Waals surface area contributed by atoms with Gasteiger partial charge in [-0.25, -0.2) is 0 Å². The molecule has 1 aliphatic carbocycles. The van der Waals surface area contributed by atoms with E-state index >= 15 is 0 Å². The summed E-state index contributed by atoms with van der Waals surface area (Å²) in [4.78, 5) is 17.7. The zero-order valence-electron chi connectivity index (χ0n) is 14.2. The van der Waals surface area contributed by atoms with E-state index in [1.165, 1.54) is 5.56 Å². The Morgan fingerprint density at radius 3 is 2.38 bits per heavy atom. The van der Waals surface area contributed by atoms with Crippen molar-refractivity contribution in [1.29, 1.82) is 0 Å². The summed E-state index contributed by atoms with van der Waals surface area (Å²) in [5.74, 6) is -0.101. The molecule has 0 heterocycles. The van der Waals surface area contributed by atoms with Gasteiger partial charge < -0.3 is 4.84 Å². The molecule has 0 unspecified atom stereocenters. The summed E-state index contributed by atoms with van der Waals surface area (Å²) in [6.07, 6.45) is 3.59. The first-order valence-electron chi connectivity index (χ1n) is 8.06. The molecule has 0 spiro atoms. The van der Waals surface area contributed by atoms with Gasteiger partial charge in [-0.05, 0) is 28.2 Å². The van der Waals surface area contributed by atoms with Gasteiger partial charge in [-0.1, -0.05) is 80.5 Å². The van der Waals surface area contributed by atoms with Crippen LogP contribution in [0.4, 0.5) is 0 Å². The molecule has 0 saturated heterocycles. The summed E-state index contributed by atoms with van der Waals surface area (Å²) < 4.78 is 0. The summed E-state index contributed by atoms with van der Waals surface area (Å²) in [5.41, 5.74) is 4.35. The lowest BCUT2D eigenvalue weighted by Gasteiger charge is -2.19. The molecule has 122 valence electrons. The summed E-state index contributed by atoms with van der Waals surface area (Å²) in [6.45, 7) is 6.90. The van der Waals surface area contributed by atoms with Crippen LogP contribution in [0.2, 0.25) is 0 Å². The molecule has 2 aromatic rings. The van der Waals surface area contributed by atoms with E-state index < -0.39 is 0 Å². The van der Waals surface area contributed by atoms with Crippen molar-refractivity contribution in [3.05, 3.63) is 76.9 Å². The highest BCUT2D eigenvalue weighted by atomic mass is 16.6. The summed E-state index contributed by atoms with van der Waals surface area (Å²) in [6, 6.07) is 15.8. The summed E-state index contributed by atoms with van der Waals surface area (Å²) >= 11 is 0. The highest BCUT2D eigenvalue weighted by Gasteiger charge is 2.19. The standard InChI is InChI=1S/C21H21NO2/c1-21(2,3)17-11-8-15(9-12-17)14-24-22-19-13-10-16-6-4-5-7-18(16)20(19)23/h4-13H,14H2,1-3H3/b22-19-. The zero-order chi connectivity index (χ0) is 17.2. The number of oxime groups is 1. The number of carbonyl (C=O) groups is 1. The molecule has 0 bridgehead atoms. The molecule has 3 rings (SSSR count). The van der Waals surface area contributed by atoms with Crippen LogP contribution in [0.1, 0.15) is 47.8 Å². The molecule has 0 radical (unpaired) electrons. The topological polar surface area (TPSA) is 38.7 Å². The number of benzene rings is 2. The maximum atomic E-state index is 12.4. The molecule has 0 N–H and O–H groups in total. The molecule has 0 aliphatic heterocycles. The van der Waals surface area contributed by atoms with Crippen molar-refractivity contribution in [2.75, 3.05) is 0 Å². The Kier molecular flexibility index (Phi) is 4.34. The second kappa shape index (κ2) is 6.44. The number of hydrogen-bond acceptors (Lipinski definition) is 3. The lowest BCUT2D eigenvalue weighted by Crippen LogP contribution is -2.17. The van der Waals surface area contributed by atoms with Gasteiger partial charge in [0.15, 0.2) is 5.71 Å². The normalized spacial score (nSPS) is 15.5. The Morgan fingerprint density at radius 1 is 0.958 bits per heavy atom. The number of rotatable bonds is 3. The first-order valence-corrected chi connectivity index (χ1v) is 8.06. The van der Waals surface area contributed by atoms with Crippen LogP contribution in [-0.4, -0.2) is 11.5 Å². The number of ketones is 1. The minimum Gasteiger partial charge on any atom is -0.390 e. The van der Waals surface area contributed by atoms with Crippen LogP contribution in [0, 0.1) is 0 Å².